The first-order valence-corrected chi connectivity index (χ1v) is 4.12. The average Bonchev–Trinajstić information content (AvgIpc) is 1.80. The monoisotopic (exact) mass is 136 g/mol. The Kier molecular flexibility index (Phi) is 2.04. The van der Waals surface area contributed by atoms with Gasteiger partial charge in [0.15, 0.2) is 0 Å². The van der Waals surface area contributed by atoms with E-state index in [1.807, 2.05) is 0 Å². The van der Waals surface area contributed by atoms with Gasteiger partial charge in [0.1, 0.15) is 0 Å². The topological polar surface area (TPSA) is 0 Å². The van der Waals surface area contributed by atoms with Crippen LogP contribution in [0, 0.1) is 23.7 Å². The van der Waals surface area contributed by atoms with Gasteiger partial charge in [-0.3, -0.25) is 0 Å². The predicted octanol–water partition coefficient (Wildman–Crippen LogP) is 2.84. The van der Waals surface area contributed by atoms with Crippen molar-refractivity contribution in [2.45, 2.75) is 39.5 Å². The summed E-state index contributed by atoms with van der Waals surface area (Å²) in [6.45, 7) is 4.32. The zero-order chi connectivity index (χ0) is 7.61. The lowest BCUT2D eigenvalue weighted by atomic mass is 9.74. The Hall–Kier alpha value is -0.440. The van der Waals surface area contributed by atoms with Gasteiger partial charge in [-0.2, -0.15) is 0 Å². The highest BCUT2D eigenvalue weighted by atomic mass is 14.3. The Morgan fingerprint density at radius 3 is 2.40 bits per heavy atom. The Bertz CT molecular complexity index is 144. The molecule has 0 amide bonds. The molecule has 0 N–H and O–H groups in total. The van der Waals surface area contributed by atoms with E-state index >= 15 is 0 Å². The van der Waals surface area contributed by atoms with Crippen LogP contribution in [0.1, 0.15) is 39.5 Å². The van der Waals surface area contributed by atoms with E-state index in [1.165, 1.54) is 25.7 Å². The fourth-order valence-electron chi connectivity index (χ4n) is 1.48. The smallest absolute Gasteiger partial charge is 0.0258 e. The third-order valence-corrected chi connectivity index (χ3v) is 2.41. The quantitative estimate of drug-likeness (QED) is 0.512. The van der Waals surface area contributed by atoms with Crippen molar-refractivity contribution in [2.24, 2.45) is 11.3 Å². The molecule has 1 rings (SSSR count). The predicted molar refractivity (Wildman–Crippen MR) is 44.6 cm³/mol. The van der Waals surface area contributed by atoms with Gasteiger partial charge < -0.3 is 0 Å². The molecule has 10 heavy (non-hydrogen) atoms. The van der Waals surface area contributed by atoms with Crippen molar-refractivity contribution in [2.75, 3.05) is 0 Å². The first-order chi connectivity index (χ1) is 4.64. The third kappa shape index (κ3) is 1.77. The Morgan fingerprint density at radius 2 is 2.10 bits per heavy atom. The van der Waals surface area contributed by atoms with Crippen molar-refractivity contribution < 1.29 is 0 Å². The van der Waals surface area contributed by atoms with Crippen molar-refractivity contribution in [1.82, 2.24) is 0 Å². The molecule has 0 aromatic rings. The minimum atomic E-state index is 0.144. The molecule has 56 valence electrons. The van der Waals surface area contributed by atoms with Crippen LogP contribution >= 0.6 is 0 Å². The van der Waals surface area contributed by atoms with Gasteiger partial charge in [0.05, 0.1) is 0 Å². The van der Waals surface area contributed by atoms with Crippen molar-refractivity contribution in [3.8, 4) is 12.3 Å². The van der Waals surface area contributed by atoms with E-state index in [4.69, 9.17) is 6.42 Å². The fraction of sp³-hybridized carbons (Fsp3) is 0.800. The van der Waals surface area contributed by atoms with Crippen LogP contribution in [0.15, 0.2) is 0 Å². The van der Waals surface area contributed by atoms with Crippen LogP contribution in [0.4, 0.5) is 0 Å². The molecule has 0 aromatic heterocycles. The Balaban J connectivity index is 2.30. The summed E-state index contributed by atoms with van der Waals surface area (Å²) >= 11 is 0. The molecule has 0 nitrogen and oxygen atoms in total. The van der Waals surface area contributed by atoms with E-state index in [9.17, 15) is 0 Å². The standard InChI is InChI=1S/C10H16/c1-4-10(2,3)8-9-6-5-7-9/h1,9H,5-8H2,2-3H3. The van der Waals surface area contributed by atoms with Gasteiger partial charge in [-0.15, -0.1) is 12.3 Å². The second kappa shape index (κ2) is 2.66. The summed E-state index contributed by atoms with van der Waals surface area (Å²) in [6.07, 6.45) is 10.8. The molecule has 0 heterocycles. The van der Waals surface area contributed by atoms with E-state index in [1.54, 1.807) is 0 Å². The molecule has 0 aliphatic heterocycles. The lowest BCUT2D eigenvalue weighted by Crippen LogP contribution is -2.20. The van der Waals surface area contributed by atoms with Gasteiger partial charge in [-0.25, -0.2) is 0 Å². The van der Waals surface area contributed by atoms with Crippen molar-refractivity contribution in [3.63, 3.8) is 0 Å². The number of terminal acetylenes is 1. The van der Waals surface area contributed by atoms with Crippen LogP contribution in [0.25, 0.3) is 0 Å². The molecule has 0 heteroatoms. The third-order valence-electron chi connectivity index (χ3n) is 2.41. The maximum absolute atomic E-state index is 5.38. The summed E-state index contributed by atoms with van der Waals surface area (Å²) in [5.41, 5.74) is 0.144. The molecule has 1 aliphatic carbocycles. The first-order valence-electron chi connectivity index (χ1n) is 4.12. The van der Waals surface area contributed by atoms with Crippen LogP contribution in [0.5, 0.6) is 0 Å². The molecule has 0 aromatic carbocycles. The summed E-state index contributed by atoms with van der Waals surface area (Å²) in [6, 6.07) is 0. The maximum atomic E-state index is 5.38. The van der Waals surface area contributed by atoms with Crippen molar-refractivity contribution in [1.29, 1.82) is 0 Å². The highest BCUT2D eigenvalue weighted by Crippen LogP contribution is 2.36. The molecule has 0 bridgehead atoms. The Morgan fingerprint density at radius 1 is 1.50 bits per heavy atom. The van der Waals surface area contributed by atoms with Crippen LogP contribution < -0.4 is 0 Å². The normalized spacial score (nSPS) is 19.7. The first kappa shape index (κ1) is 7.66. The van der Waals surface area contributed by atoms with Gasteiger partial charge in [0.2, 0.25) is 0 Å². The number of hydrogen-bond donors (Lipinski definition) is 0. The molecule has 0 radical (unpaired) electrons. The molecule has 0 saturated heterocycles. The SMILES string of the molecule is C#CC(C)(C)CC1CCC1. The van der Waals surface area contributed by atoms with Gasteiger partial charge >= 0.3 is 0 Å². The second-order valence-electron chi connectivity index (χ2n) is 4.03. The minimum absolute atomic E-state index is 0.144. The minimum Gasteiger partial charge on any atom is -0.120 e. The maximum Gasteiger partial charge on any atom is 0.0258 e. The van der Waals surface area contributed by atoms with Gasteiger partial charge in [-0.05, 0) is 26.2 Å². The molecule has 0 atom stereocenters. The van der Waals surface area contributed by atoms with Crippen LogP contribution in [0.2, 0.25) is 0 Å². The zero-order valence-electron chi connectivity index (χ0n) is 6.98. The fourth-order valence-corrected chi connectivity index (χ4v) is 1.48. The highest BCUT2D eigenvalue weighted by molar-refractivity contribution is 5.01. The molecule has 1 aliphatic rings. The van der Waals surface area contributed by atoms with E-state index in [0.29, 0.717) is 0 Å². The molecule has 1 saturated carbocycles. The van der Waals surface area contributed by atoms with Crippen molar-refractivity contribution >= 4 is 0 Å². The van der Waals surface area contributed by atoms with E-state index in [0.717, 1.165) is 5.92 Å². The zero-order valence-corrected chi connectivity index (χ0v) is 6.98. The molecule has 0 spiro atoms. The average molecular weight is 136 g/mol. The van der Waals surface area contributed by atoms with Gasteiger partial charge in [-0.1, -0.05) is 19.3 Å². The molecular formula is C10H16. The van der Waals surface area contributed by atoms with E-state index in [2.05, 4.69) is 19.8 Å². The molecular weight excluding hydrogens is 120 g/mol. The summed E-state index contributed by atoms with van der Waals surface area (Å²) in [5, 5.41) is 0. The van der Waals surface area contributed by atoms with Crippen LogP contribution in [0.3, 0.4) is 0 Å². The summed E-state index contributed by atoms with van der Waals surface area (Å²) in [7, 11) is 0. The second-order valence-corrected chi connectivity index (χ2v) is 4.03. The summed E-state index contributed by atoms with van der Waals surface area (Å²) in [5.74, 6) is 3.78. The number of hydrogen-bond acceptors (Lipinski definition) is 0. The highest BCUT2D eigenvalue weighted by Gasteiger charge is 2.25. The molecule has 0 unspecified atom stereocenters. The van der Waals surface area contributed by atoms with E-state index in [-0.39, 0.29) is 5.41 Å². The van der Waals surface area contributed by atoms with Crippen molar-refractivity contribution in [3.05, 3.63) is 0 Å². The largest absolute Gasteiger partial charge is 0.120 e. The van der Waals surface area contributed by atoms with E-state index < -0.39 is 0 Å². The Labute approximate surface area is 64.0 Å². The van der Waals surface area contributed by atoms with Crippen LogP contribution in [-0.4, -0.2) is 0 Å². The summed E-state index contributed by atoms with van der Waals surface area (Å²) < 4.78 is 0. The van der Waals surface area contributed by atoms with Gasteiger partial charge in [0.25, 0.3) is 0 Å². The van der Waals surface area contributed by atoms with Gasteiger partial charge in [0, 0.05) is 5.41 Å². The van der Waals surface area contributed by atoms with Crippen LogP contribution in [-0.2, 0) is 0 Å². The number of rotatable bonds is 2. The lowest BCUT2D eigenvalue weighted by molar-refractivity contribution is 0.233. The summed E-state index contributed by atoms with van der Waals surface area (Å²) in [4.78, 5) is 0. The molecule has 1 fully saturated rings. The lowest BCUT2D eigenvalue weighted by Gasteiger charge is -2.31.